The lowest BCUT2D eigenvalue weighted by Gasteiger charge is -2.18. The Labute approximate surface area is 84.2 Å². The van der Waals surface area contributed by atoms with Gasteiger partial charge < -0.3 is 0 Å². The van der Waals surface area contributed by atoms with Crippen LogP contribution in [-0.4, -0.2) is 0 Å². The molecule has 0 N–H and O–H groups in total. The van der Waals surface area contributed by atoms with Gasteiger partial charge in [-0.05, 0) is 47.2 Å². The molecular formula is C14H10. The van der Waals surface area contributed by atoms with Crippen LogP contribution in [0, 0.1) is 12.1 Å². The third-order valence-electron chi connectivity index (χ3n) is 2.85. The molecule has 0 unspecified atom stereocenters. The summed E-state index contributed by atoms with van der Waals surface area (Å²) < 4.78 is 0. The summed E-state index contributed by atoms with van der Waals surface area (Å²) in [6.07, 6.45) is 2.07. The molecule has 2 radical (unpaired) electrons. The minimum Gasteiger partial charge on any atom is -0.0620 e. The Hall–Kier alpha value is -1.56. The second kappa shape index (κ2) is 2.98. The molecule has 0 aromatic heterocycles. The van der Waals surface area contributed by atoms with Crippen LogP contribution in [0.4, 0.5) is 0 Å². The molecule has 0 spiro atoms. The molecular weight excluding hydrogens is 168 g/mol. The zero-order valence-electron chi connectivity index (χ0n) is 7.88. The van der Waals surface area contributed by atoms with E-state index in [1.165, 1.54) is 22.3 Å². The first-order valence-corrected chi connectivity index (χ1v) is 4.90. The van der Waals surface area contributed by atoms with Crippen LogP contribution in [0.1, 0.15) is 22.3 Å². The quantitative estimate of drug-likeness (QED) is 0.496. The smallest absolute Gasteiger partial charge is 0.00137 e. The van der Waals surface area contributed by atoms with Crippen molar-refractivity contribution in [1.82, 2.24) is 0 Å². The topological polar surface area (TPSA) is 0 Å². The van der Waals surface area contributed by atoms with Crippen molar-refractivity contribution in [2.45, 2.75) is 12.8 Å². The largest absolute Gasteiger partial charge is 0.0620 e. The number of hydrogen-bond acceptors (Lipinski definition) is 0. The number of rotatable bonds is 0. The Morgan fingerprint density at radius 1 is 0.857 bits per heavy atom. The van der Waals surface area contributed by atoms with E-state index in [4.69, 9.17) is 0 Å². The van der Waals surface area contributed by atoms with Gasteiger partial charge >= 0.3 is 0 Å². The van der Waals surface area contributed by atoms with Gasteiger partial charge in [0.1, 0.15) is 0 Å². The highest BCUT2D eigenvalue weighted by Gasteiger charge is 2.13. The molecule has 0 saturated carbocycles. The fourth-order valence-corrected chi connectivity index (χ4v) is 2.07. The van der Waals surface area contributed by atoms with Gasteiger partial charge in [-0.2, -0.15) is 0 Å². The van der Waals surface area contributed by atoms with E-state index in [2.05, 4.69) is 42.5 Å². The molecule has 66 valence electrons. The lowest BCUT2D eigenvalue weighted by atomic mass is 9.86. The van der Waals surface area contributed by atoms with E-state index in [-0.39, 0.29) is 0 Å². The van der Waals surface area contributed by atoms with Gasteiger partial charge in [0.2, 0.25) is 0 Å². The third kappa shape index (κ3) is 1.15. The summed E-state index contributed by atoms with van der Waals surface area (Å²) in [5.74, 6) is 0. The number of hydrogen-bond donors (Lipinski definition) is 0. The zero-order chi connectivity index (χ0) is 9.38. The van der Waals surface area contributed by atoms with Crippen molar-refractivity contribution >= 4 is 0 Å². The molecule has 0 saturated heterocycles. The first-order chi connectivity index (χ1) is 6.93. The Balaban J connectivity index is 2.12. The van der Waals surface area contributed by atoms with Crippen LogP contribution in [0.15, 0.2) is 36.4 Å². The van der Waals surface area contributed by atoms with Crippen LogP contribution in [0.2, 0.25) is 0 Å². The van der Waals surface area contributed by atoms with E-state index >= 15 is 0 Å². The second-order valence-corrected chi connectivity index (χ2v) is 3.73. The maximum Gasteiger partial charge on any atom is -0.00137 e. The Morgan fingerprint density at radius 3 is 2.50 bits per heavy atom. The molecule has 0 heterocycles. The zero-order valence-corrected chi connectivity index (χ0v) is 7.88. The lowest BCUT2D eigenvalue weighted by molar-refractivity contribution is 0.998. The lowest BCUT2D eigenvalue weighted by Crippen LogP contribution is -2.06. The molecule has 0 heteroatoms. The van der Waals surface area contributed by atoms with Crippen LogP contribution in [-0.2, 0) is 12.8 Å². The summed E-state index contributed by atoms with van der Waals surface area (Å²) >= 11 is 0. The molecule has 0 bridgehead atoms. The molecule has 0 amide bonds. The highest BCUT2D eigenvalue weighted by atomic mass is 14.2. The van der Waals surface area contributed by atoms with Crippen LogP contribution in [0.3, 0.4) is 0 Å². The maximum atomic E-state index is 3.20. The molecule has 0 fully saturated rings. The predicted molar refractivity (Wildman–Crippen MR) is 56.2 cm³/mol. The molecule has 1 aliphatic carbocycles. The summed E-state index contributed by atoms with van der Waals surface area (Å²) in [6, 6.07) is 19.0. The van der Waals surface area contributed by atoms with Crippen LogP contribution < -0.4 is 0 Å². The summed E-state index contributed by atoms with van der Waals surface area (Å²) in [5, 5.41) is 0. The fourth-order valence-electron chi connectivity index (χ4n) is 2.07. The first kappa shape index (κ1) is 7.81. The van der Waals surface area contributed by atoms with Crippen molar-refractivity contribution in [1.29, 1.82) is 0 Å². The minimum absolute atomic E-state index is 1.02. The third-order valence-corrected chi connectivity index (χ3v) is 2.85. The van der Waals surface area contributed by atoms with Gasteiger partial charge in [0.15, 0.2) is 0 Å². The average Bonchev–Trinajstić information content (AvgIpc) is 2.26. The van der Waals surface area contributed by atoms with Gasteiger partial charge in [-0.3, -0.25) is 0 Å². The summed E-state index contributed by atoms with van der Waals surface area (Å²) in [5.41, 5.74) is 5.61. The normalized spacial score (nSPS) is 13.1. The van der Waals surface area contributed by atoms with Crippen molar-refractivity contribution < 1.29 is 0 Å². The van der Waals surface area contributed by atoms with E-state index in [1.807, 2.05) is 6.07 Å². The van der Waals surface area contributed by atoms with Gasteiger partial charge in [-0.25, -0.2) is 0 Å². The predicted octanol–water partition coefficient (Wildman–Crippen LogP) is 2.78. The molecule has 2 aromatic rings. The molecule has 0 nitrogen and oxygen atoms in total. The van der Waals surface area contributed by atoms with Crippen molar-refractivity contribution in [3.05, 3.63) is 70.8 Å². The van der Waals surface area contributed by atoms with E-state index < -0.39 is 0 Å². The Morgan fingerprint density at radius 2 is 1.64 bits per heavy atom. The molecule has 2 aromatic carbocycles. The van der Waals surface area contributed by atoms with Crippen molar-refractivity contribution in [3.8, 4) is 0 Å². The Kier molecular flexibility index (Phi) is 1.66. The van der Waals surface area contributed by atoms with Crippen molar-refractivity contribution in [2.75, 3.05) is 0 Å². The van der Waals surface area contributed by atoms with Gasteiger partial charge in [-0.1, -0.05) is 36.4 Å². The summed E-state index contributed by atoms with van der Waals surface area (Å²) in [6.45, 7) is 0. The standard InChI is InChI=1S/C14H10/c1-2-6-12-10-14-8-4-3-7-13(14)9-11(12)5-1/h1-3,5-7H,9-10H2. The minimum atomic E-state index is 1.02. The van der Waals surface area contributed by atoms with E-state index in [1.54, 1.807) is 0 Å². The number of benzene rings is 2. The maximum absolute atomic E-state index is 3.20. The SMILES string of the molecule is [c]1[c]c2c(cc1)Cc1ccccc1C2. The van der Waals surface area contributed by atoms with Crippen LogP contribution in [0.5, 0.6) is 0 Å². The first-order valence-electron chi connectivity index (χ1n) is 4.90. The van der Waals surface area contributed by atoms with Crippen molar-refractivity contribution in [3.63, 3.8) is 0 Å². The highest BCUT2D eigenvalue weighted by molar-refractivity contribution is 5.44. The van der Waals surface area contributed by atoms with E-state index in [0.29, 0.717) is 0 Å². The van der Waals surface area contributed by atoms with Gasteiger partial charge in [0.05, 0.1) is 0 Å². The molecule has 1 aliphatic rings. The molecule has 0 atom stereocenters. The highest BCUT2D eigenvalue weighted by Crippen LogP contribution is 2.25. The van der Waals surface area contributed by atoms with Gasteiger partial charge in [-0.15, -0.1) is 0 Å². The number of fused-ring (bicyclic) bond motifs is 2. The van der Waals surface area contributed by atoms with Crippen LogP contribution in [0.25, 0.3) is 0 Å². The molecule has 3 rings (SSSR count). The Bertz CT molecular complexity index is 381. The van der Waals surface area contributed by atoms with E-state index in [9.17, 15) is 0 Å². The van der Waals surface area contributed by atoms with Gasteiger partial charge in [0.25, 0.3) is 0 Å². The second-order valence-electron chi connectivity index (χ2n) is 3.73. The van der Waals surface area contributed by atoms with E-state index in [0.717, 1.165) is 12.8 Å². The van der Waals surface area contributed by atoms with Gasteiger partial charge in [0, 0.05) is 0 Å². The summed E-state index contributed by atoms with van der Waals surface area (Å²) in [7, 11) is 0. The molecule has 0 aliphatic heterocycles. The molecule has 14 heavy (non-hydrogen) atoms. The summed E-state index contributed by atoms with van der Waals surface area (Å²) in [4.78, 5) is 0. The van der Waals surface area contributed by atoms with Crippen molar-refractivity contribution in [2.24, 2.45) is 0 Å². The monoisotopic (exact) mass is 178 g/mol. The fraction of sp³-hybridized carbons (Fsp3) is 0.143. The van der Waals surface area contributed by atoms with Crippen LogP contribution >= 0.6 is 0 Å². The average molecular weight is 178 g/mol.